The van der Waals surface area contributed by atoms with Crippen molar-refractivity contribution in [3.8, 4) is 0 Å². The van der Waals surface area contributed by atoms with Crippen molar-refractivity contribution in [3.05, 3.63) is 53.2 Å². The average molecular weight is 415 g/mol. The predicted octanol–water partition coefficient (Wildman–Crippen LogP) is 3.32. The quantitative estimate of drug-likeness (QED) is 0.557. The Labute approximate surface area is 176 Å². The van der Waals surface area contributed by atoms with Gasteiger partial charge in [-0.1, -0.05) is 0 Å². The van der Waals surface area contributed by atoms with Gasteiger partial charge in [0.15, 0.2) is 6.10 Å². The third-order valence-corrected chi connectivity index (χ3v) is 4.29. The van der Waals surface area contributed by atoms with E-state index < -0.39 is 29.6 Å². The second-order valence-electron chi connectivity index (χ2n) is 8.10. The fourth-order valence-electron chi connectivity index (χ4n) is 2.81. The summed E-state index contributed by atoms with van der Waals surface area (Å²) in [6.45, 7) is 11.3. The van der Waals surface area contributed by atoms with E-state index in [1.807, 2.05) is 32.0 Å². The van der Waals surface area contributed by atoms with Crippen molar-refractivity contribution in [2.45, 2.75) is 59.7 Å². The van der Waals surface area contributed by atoms with Gasteiger partial charge < -0.3 is 19.0 Å². The molecule has 0 aliphatic rings. The number of carbonyl (C=O) groups excluding carboxylic acids is 3. The first-order chi connectivity index (χ1) is 14.0. The Morgan fingerprint density at radius 2 is 1.97 bits per heavy atom. The molecule has 3 amide bonds. The van der Waals surface area contributed by atoms with Gasteiger partial charge in [0.05, 0.1) is 12.8 Å². The summed E-state index contributed by atoms with van der Waals surface area (Å²) in [4.78, 5) is 35.9. The molecule has 0 saturated heterocycles. The zero-order valence-corrected chi connectivity index (χ0v) is 18.2. The lowest BCUT2D eigenvalue weighted by molar-refractivity contribution is -0.149. The third-order valence-electron chi connectivity index (χ3n) is 4.29. The van der Waals surface area contributed by atoms with E-state index in [1.54, 1.807) is 33.1 Å². The van der Waals surface area contributed by atoms with Crippen LogP contribution in [0.15, 0.2) is 35.0 Å². The van der Waals surface area contributed by atoms with E-state index in [2.05, 4.69) is 15.2 Å². The van der Waals surface area contributed by atoms with Gasteiger partial charge in [-0.15, -0.1) is 0 Å². The van der Waals surface area contributed by atoms with E-state index in [4.69, 9.17) is 9.15 Å². The fraction of sp³-hybridized carbons (Fsp3) is 0.409. The molecule has 2 rings (SSSR count). The molecule has 0 bridgehead atoms. The Morgan fingerprint density at radius 1 is 1.27 bits per heavy atom. The summed E-state index contributed by atoms with van der Waals surface area (Å²) in [5.74, 6) is -0.540. The summed E-state index contributed by atoms with van der Waals surface area (Å²) in [5.41, 5.74) is 2.36. The number of hydrogen-bond donors (Lipinski definition) is 2. The normalized spacial score (nSPS) is 12.6. The van der Waals surface area contributed by atoms with Gasteiger partial charge in [-0.05, 0) is 71.4 Å². The smallest absolute Gasteiger partial charge is 0.331 e. The second kappa shape index (κ2) is 9.47. The minimum atomic E-state index is -1.11. The summed E-state index contributed by atoms with van der Waals surface area (Å²) in [6, 6.07) is 5.05. The van der Waals surface area contributed by atoms with Crippen molar-refractivity contribution < 1.29 is 23.5 Å². The van der Waals surface area contributed by atoms with Gasteiger partial charge in [0.25, 0.3) is 5.91 Å². The molecule has 8 heteroatoms. The number of furan rings is 1. The molecule has 2 aromatic rings. The monoisotopic (exact) mass is 415 g/mol. The van der Waals surface area contributed by atoms with Crippen molar-refractivity contribution in [2.75, 3.05) is 0 Å². The van der Waals surface area contributed by atoms with E-state index >= 15 is 0 Å². The lowest BCUT2D eigenvalue weighted by atomic mass is 10.1. The van der Waals surface area contributed by atoms with Crippen LogP contribution in [0.25, 0.3) is 6.08 Å². The van der Waals surface area contributed by atoms with Crippen LogP contribution in [-0.4, -0.2) is 34.1 Å². The SMILES string of the molecule is Cc1cc(/C=C/C(=O)O[C@@H](C)C(=O)NC(=O)NC(C)(C)C)c(C)n1Cc1ccco1. The highest BCUT2D eigenvalue weighted by molar-refractivity contribution is 5.98. The van der Waals surface area contributed by atoms with Crippen LogP contribution in [0.5, 0.6) is 0 Å². The molecule has 0 aliphatic carbocycles. The Kier molecular flexibility index (Phi) is 7.26. The molecule has 30 heavy (non-hydrogen) atoms. The Balaban J connectivity index is 1.94. The Hall–Kier alpha value is -3.29. The highest BCUT2D eigenvalue weighted by Crippen LogP contribution is 2.18. The van der Waals surface area contributed by atoms with E-state index in [-0.39, 0.29) is 0 Å². The van der Waals surface area contributed by atoms with Gasteiger partial charge >= 0.3 is 12.0 Å². The molecule has 162 valence electrons. The van der Waals surface area contributed by atoms with Crippen LogP contribution < -0.4 is 10.6 Å². The van der Waals surface area contributed by atoms with Crippen LogP contribution in [0, 0.1) is 13.8 Å². The van der Waals surface area contributed by atoms with Crippen molar-refractivity contribution >= 4 is 24.0 Å². The first-order valence-electron chi connectivity index (χ1n) is 9.67. The maximum Gasteiger partial charge on any atom is 0.331 e. The van der Waals surface area contributed by atoms with Gasteiger partial charge in [-0.2, -0.15) is 0 Å². The van der Waals surface area contributed by atoms with Gasteiger partial charge in [-0.3, -0.25) is 10.1 Å². The zero-order valence-electron chi connectivity index (χ0n) is 18.2. The van der Waals surface area contributed by atoms with E-state index in [9.17, 15) is 14.4 Å². The first-order valence-corrected chi connectivity index (χ1v) is 9.67. The number of nitrogens with one attached hydrogen (secondary N) is 2. The van der Waals surface area contributed by atoms with E-state index in [0.29, 0.717) is 6.54 Å². The third kappa shape index (κ3) is 6.65. The standard InChI is InChI=1S/C22H29N3O5/c1-14-12-17(15(2)25(14)13-18-8-7-11-29-18)9-10-19(26)30-16(3)20(27)23-21(28)24-22(4,5)6/h7-12,16H,13H2,1-6H3,(H2,23,24,27,28)/b10-9+/t16-/m0/s1. The fourth-order valence-corrected chi connectivity index (χ4v) is 2.81. The molecule has 0 fully saturated rings. The summed E-state index contributed by atoms with van der Waals surface area (Å²) in [6.07, 6.45) is 3.42. The number of aryl methyl sites for hydroxylation is 1. The number of esters is 1. The minimum Gasteiger partial charge on any atom is -0.467 e. The number of hydrogen-bond acceptors (Lipinski definition) is 5. The predicted molar refractivity (Wildman–Crippen MR) is 113 cm³/mol. The summed E-state index contributed by atoms with van der Waals surface area (Å²) < 4.78 is 12.6. The molecule has 0 radical (unpaired) electrons. The first kappa shape index (κ1) is 23.0. The second-order valence-corrected chi connectivity index (χ2v) is 8.10. The molecule has 0 unspecified atom stereocenters. The van der Waals surface area contributed by atoms with Crippen molar-refractivity contribution in [1.29, 1.82) is 0 Å². The van der Waals surface area contributed by atoms with E-state index in [1.165, 1.54) is 13.0 Å². The van der Waals surface area contributed by atoms with Crippen LogP contribution in [0.3, 0.4) is 0 Å². The van der Waals surface area contributed by atoms with Crippen LogP contribution in [0.1, 0.15) is 50.4 Å². The molecule has 8 nitrogen and oxygen atoms in total. The van der Waals surface area contributed by atoms with Gasteiger partial charge in [0.1, 0.15) is 5.76 Å². The molecule has 1 atom stereocenters. The number of nitrogens with zero attached hydrogens (tertiary/aromatic N) is 1. The summed E-state index contributed by atoms with van der Waals surface area (Å²) in [5, 5.41) is 4.75. The minimum absolute atomic E-state index is 0.490. The molecule has 0 aromatic carbocycles. The summed E-state index contributed by atoms with van der Waals surface area (Å²) in [7, 11) is 0. The lowest BCUT2D eigenvalue weighted by Crippen LogP contribution is -2.50. The molecule has 2 aromatic heterocycles. The molecular weight excluding hydrogens is 386 g/mol. The van der Waals surface area contributed by atoms with Crippen LogP contribution >= 0.6 is 0 Å². The average Bonchev–Trinajstić information content (AvgIpc) is 3.22. The van der Waals surface area contributed by atoms with Crippen LogP contribution in [-0.2, 0) is 20.9 Å². The lowest BCUT2D eigenvalue weighted by Gasteiger charge is -2.21. The van der Waals surface area contributed by atoms with Crippen molar-refractivity contribution in [2.24, 2.45) is 0 Å². The highest BCUT2D eigenvalue weighted by atomic mass is 16.5. The molecule has 0 spiro atoms. The largest absolute Gasteiger partial charge is 0.467 e. The highest BCUT2D eigenvalue weighted by Gasteiger charge is 2.21. The molecule has 0 saturated carbocycles. The number of rotatable bonds is 6. The zero-order chi connectivity index (χ0) is 22.5. The number of carbonyl (C=O) groups is 3. The van der Waals surface area contributed by atoms with Crippen LogP contribution in [0.4, 0.5) is 4.79 Å². The van der Waals surface area contributed by atoms with Crippen molar-refractivity contribution in [3.63, 3.8) is 0 Å². The van der Waals surface area contributed by atoms with E-state index in [0.717, 1.165) is 22.7 Å². The molecule has 2 heterocycles. The topological polar surface area (TPSA) is 103 Å². The number of aromatic nitrogens is 1. The van der Waals surface area contributed by atoms with Gasteiger partial charge in [-0.25, -0.2) is 9.59 Å². The van der Waals surface area contributed by atoms with Gasteiger partial charge in [0, 0.05) is 23.0 Å². The number of amides is 3. The van der Waals surface area contributed by atoms with Gasteiger partial charge in [0.2, 0.25) is 0 Å². The Morgan fingerprint density at radius 3 is 2.57 bits per heavy atom. The number of urea groups is 1. The maximum absolute atomic E-state index is 12.1. The molecule has 2 N–H and O–H groups in total. The number of ether oxygens (including phenoxy) is 1. The van der Waals surface area contributed by atoms with Crippen molar-refractivity contribution in [1.82, 2.24) is 15.2 Å². The molecule has 0 aliphatic heterocycles. The maximum atomic E-state index is 12.1. The summed E-state index contributed by atoms with van der Waals surface area (Å²) >= 11 is 0. The van der Waals surface area contributed by atoms with Crippen LogP contribution in [0.2, 0.25) is 0 Å². The Bertz CT molecular complexity index is 933. The number of imide groups is 1. The molecular formula is C22H29N3O5.